The van der Waals surface area contributed by atoms with Gasteiger partial charge < -0.3 is 0 Å². The fourth-order valence-electron chi connectivity index (χ4n) is 2.12. The molecule has 24 heavy (non-hydrogen) atoms. The first-order valence-electron chi connectivity index (χ1n) is 7.41. The van der Waals surface area contributed by atoms with Gasteiger partial charge in [0.1, 0.15) is 0 Å². The van der Waals surface area contributed by atoms with Crippen LogP contribution in [0.3, 0.4) is 0 Å². The van der Waals surface area contributed by atoms with Crippen LogP contribution in [0.1, 0.15) is 12.0 Å². The molecule has 0 aliphatic rings. The largest absolute Gasteiger partial charge is 0.273 e. The molecule has 2 N–H and O–H groups in total. The summed E-state index contributed by atoms with van der Waals surface area (Å²) in [6.45, 7) is 2.03. The number of anilines is 1. The van der Waals surface area contributed by atoms with Gasteiger partial charge in [0.15, 0.2) is 0 Å². The molecule has 0 saturated heterocycles. The highest BCUT2D eigenvalue weighted by atomic mass is 35.5. The van der Waals surface area contributed by atoms with Crippen LogP contribution in [-0.2, 0) is 4.79 Å². The van der Waals surface area contributed by atoms with Gasteiger partial charge in [-0.2, -0.15) is 0 Å². The van der Waals surface area contributed by atoms with Crippen molar-refractivity contribution in [1.82, 2.24) is 10.4 Å². The van der Waals surface area contributed by atoms with Crippen LogP contribution in [0.4, 0.5) is 5.13 Å². The number of para-hydroxylation sites is 1. The van der Waals surface area contributed by atoms with Crippen molar-refractivity contribution < 1.29 is 4.79 Å². The van der Waals surface area contributed by atoms with E-state index < -0.39 is 0 Å². The lowest BCUT2D eigenvalue weighted by Gasteiger charge is -2.05. The number of benzene rings is 2. The van der Waals surface area contributed by atoms with Crippen LogP contribution in [0.2, 0.25) is 5.02 Å². The van der Waals surface area contributed by atoms with Gasteiger partial charge in [0, 0.05) is 22.1 Å². The molecule has 0 atom stereocenters. The van der Waals surface area contributed by atoms with Crippen molar-refractivity contribution in [2.75, 3.05) is 11.2 Å². The number of aryl methyl sites for hydroxylation is 1. The molecular weight excluding hydrogens is 362 g/mol. The van der Waals surface area contributed by atoms with Crippen LogP contribution >= 0.6 is 34.7 Å². The zero-order valence-corrected chi connectivity index (χ0v) is 15.4. The van der Waals surface area contributed by atoms with E-state index in [1.165, 1.54) is 11.3 Å². The van der Waals surface area contributed by atoms with E-state index in [4.69, 9.17) is 11.6 Å². The highest BCUT2D eigenvalue weighted by Crippen LogP contribution is 2.27. The summed E-state index contributed by atoms with van der Waals surface area (Å²) in [6, 6.07) is 13.7. The molecule has 2 aromatic carbocycles. The molecule has 0 spiro atoms. The normalized spacial score (nSPS) is 10.8. The van der Waals surface area contributed by atoms with Gasteiger partial charge in [-0.1, -0.05) is 35.1 Å². The molecule has 3 aromatic rings. The van der Waals surface area contributed by atoms with Crippen LogP contribution in [0, 0.1) is 6.92 Å². The molecule has 3 rings (SSSR count). The average molecular weight is 378 g/mol. The van der Waals surface area contributed by atoms with Gasteiger partial charge in [-0.05, 0) is 42.8 Å². The number of carbonyl (C=O) groups is 1. The van der Waals surface area contributed by atoms with E-state index in [-0.39, 0.29) is 5.91 Å². The van der Waals surface area contributed by atoms with E-state index in [0.717, 1.165) is 20.7 Å². The molecular formula is C17H16ClN3OS2. The van der Waals surface area contributed by atoms with Crippen molar-refractivity contribution in [1.29, 1.82) is 0 Å². The number of nitrogens with one attached hydrogen (secondary N) is 2. The standard InChI is InChI=1S/C17H16ClN3OS2/c1-11-3-2-4-14-16(11)19-17(24-14)21-20-15(22)9-10-23-13-7-5-12(18)6-8-13/h2-8H,9-10H2,1H3,(H,19,21)(H,20,22). The quantitative estimate of drug-likeness (QED) is 0.474. The average Bonchev–Trinajstić information content (AvgIpc) is 2.99. The number of hydrogen-bond donors (Lipinski definition) is 2. The Balaban J connectivity index is 1.46. The molecule has 4 nitrogen and oxygen atoms in total. The van der Waals surface area contributed by atoms with Crippen LogP contribution in [0.5, 0.6) is 0 Å². The predicted molar refractivity (Wildman–Crippen MR) is 103 cm³/mol. The summed E-state index contributed by atoms with van der Waals surface area (Å²) < 4.78 is 1.10. The van der Waals surface area contributed by atoms with Crippen LogP contribution in [0.15, 0.2) is 47.4 Å². The first-order valence-corrected chi connectivity index (χ1v) is 9.59. The third-order valence-electron chi connectivity index (χ3n) is 3.34. The SMILES string of the molecule is Cc1cccc2sc(NNC(=O)CCSc3ccc(Cl)cc3)nc12. The van der Waals surface area contributed by atoms with Crippen LogP contribution < -0.4 is 10.9 Å². The first kappa shape index (κ1) is 17.1. The number of thioether (sulfide) groups is 1. The number of amides is 1. The van der Waals surface area contributed by atoms with E-state index in [2.05, 4.69) is 15.8 Å². The topological polar surface area (TPSA) is 54.0 Å². The summed E-state index contributed by atoms with van der Waals surface area (Å²) in [7, 11) is 0. The van der Waals surface area contributed by atoms with Crippen LogP contribution in [0.25, 0.3) is 10.2 Å². The van der Waals surface area contributed by atoms with Crippen molar-refractivity contribution >= 4 is 56.0 Å². The molecule has 1 aromatic heterocycles. The summed E-state index contributed by atoms with van der Waals surface area (Å²) in [6.07, 6.45) is 0.421. The zero-order chi connectivity index (χ0) is 16.9. The molecule has 1 amide bonds. The molecule has 0 unspecified atom stereocenters. The van der Waals surface area contributed by atoms with Gasteiger partial charge in [0.2, 0.25) is 11.0 Å². The lowest BCUT2D eigenvalue weighted by atomic mass is 10.2. The number of aromatic nitrogens is 1. The number of hydrogen-bond acceptors (Lipinski definition) is 5. The fraction of sp³-hybridized carbons (Fsp3) is 0.176. The van der Waals surface area contributed by atoms with E-state index in [9.17, 15) is 4.79 Å². The third-order valence-corrected chi connectivity index (χ3v) is 5.54. The number of nitrogens with zero attached hydrogens (tertiary/aromatic N) is 1. The van der Waals surface area contributed by atoms with E-state index in [0.29, 0.717) is 22.3 Å². The smallest absolute Gasteiger partial charge is 0.239 e. The van der Waals surface area contributed by atoms with Gasteiger partial charge in [-0.3, -0.25) is 15.6 Å². The van der Waals surface area contributed by atoms with Gasteiger partial charge >= 0.3 is 0 Å². The predicted octanol–water partition coefficient (Wildman–Crippen LogP) is 4.88. The summed E-state index contributed by atoms with van der Waals surface area (Å²) in [5.41, 5.74) is 7.69. The van der Waals surface area contributed by atoms with Crippen molar-refractivity contribution in [2.24, 2.45) is 0 Å². The van der Waals surface area contributed by atoms with Gasteiger partial charge in [-0.25, -0.2) is 4.98 Å². The van der Waals surface area contributed by atoms with Gasteiger partial charge in [0.25, 0.3) is 0 Å². The maximum atomic E-state index is 11.9. The Labute approximate surface area is 153 Å². The Morgan fingerprint density at radius 2 is 2.04 bits per heavy atom. The summed E-state index contributed by atoms with van der Waals surface area (Å²) in [4.78, 5) is 17.5. The van der Waals surface area contributed by atoms with Gasteiger partial charge in [0.05, 0.1) is 10.2 Å². The maximum absolute atomic E-state index is 11.9. The Morgan fingerprint density at radius 1 is 1.25 bits per heavy atom. The molecule has 1 heterocycles. The number of fused-ring (bicyclic) bond motifs is 1. The minimum absolute atomic E-state index is 0.0626. The monoisotopic (exact) mass is 377 g/mol. The number of carbonyl (C=O) groups excluding carboxylic acids is 1. The molecule has 0 fully saturated rings. The number of rotatable bonds is 6. The lowest BCUT2D eigenvalue weighted by Crippen LogP contribution is -2.29. The number of hydrazine groups is 1. The minimum atomic E-state index is -0.0626. The fourth-order valence-corrected chi connectivity index (χ4v) is 3.99. The molecule has 124 valence electrons. The summed E-state index contributed by atoms with van der Waals surface area (Å²) >= 11 is 8.99. The second-order valence-electron chi connectivity index (χ2n) is 5.17. The highest BCUT2D eigenvalue weighted by molar-refractivity contribution is 7.99. The zero-order valence-electron chi connectivity index (χ0n) is 13.0. The van der Waals surface area contributed by atoms with Crippen molar-refractivity contribution in [2.45, 2.75) is 18.2 Å². The Kier molecular flexibility index (Phi) is 5.60. The molecule has 0 aliphatic carbocycles. The van der Waals surface area contributed by atoms with Crippen molar-refractivity contribution in [3.05, 3.63) is 53.1 Å². The minimum Gasteiger partial charge on any atom is -0.273 e. The van der Waals surface area contributed by atoms with Crippen molar-refractivity contribution in [3.8, 4) is 0 Å². The Morgan fingerprint density at radius 3 is 2.79 bits per heavy atom. The molecule has 0 radical (unpaired) electrons. The highest BCUT2D eigenvalue weighted by Gasteiger charge is 2.07. The van der Waals surface area contributed by atoms with E-state index in [1.54, 1.807) is 11.8 Å². The van der Waals surface area contributed by atoms with Crippen molar-refractivity contribution in [3.63, 3.8) is 0 Å². The molecule has 0 aliphatic heterocycles. The Bertz CT molecular complexity index is 849. The third kappa shape index (κ3) is 4.41. The Hall–Kier alpha value is -1.76. The number of thiazole rings is 1. The molecule has 7 heteroatoms. The number of halogens is 1. The molecule has 0 bridgehead atoms. The van der Waals surface area contributed by atoms with Gasteiger partial charge in [-0.15, -0.1) is 11.8 Å². The van der Waals surface area contributed by atoms with Crippen LogP contribution in [-0.4, -0.2) is 16.6 Å². The van der Waals surface area contributed by atoms with E-state index in [1.807, 2.05) is 49.4 Å². The summed E-state index contributed by atoms with van der Waals surface area (Å²) in [5.74, 6) is 0.640. The second kappa shape index (κ2) is 7.88. The maximum Gasteiger partial charge on any atom is 0.239 e. The molecule has 0 saturated carbocycles. The second-order valence-corrected chi connectivity index (χ2v) is 7.80. The summed E-state index contributed by atoms with van der Waals surface area (Å²) in [5, 5.41) is 1.41. The first-order chi connectivity index (χ1) is 11.6. The van der Waals surface area contributed by atoms with E-state index >= 15 is 0 Å². The lowest BCUT2D eigenvalue weighted by molar-refractivity contribution is -0.120.